The van der Waals surface area contributed by atoms with Crippen LogP contribution in [0.3, 0.4) is 0 Å². The molecule has 0 bridgehead atoms. The second kappa shape index (κ2) is 4.28. The fourth-order valence-electron chi connectivity index (χ4n) is 0.793. The molecule has 2 N–H and O–H groups in total. The van der Waals surface area contributed by atoms with Gasteiger partial charge in [-0.3, -0.25) is 4.79 Å². The zero-order chi connectivity index (χ0) is 8.15. The Morgan fingerprint density at radius 3 is 2.50 bits per heavy atom. The van der Waals surface area contributed by atoms with Crippen LogP contribution in [0.4, 0.5) is 0 Å². The lowest BCUT2D eigenvalue weighted by Gasteiger charge is -2.17. The summed E-state index contributed by atoms with van der Waals surface area (Å²) in [7, 11) is 1.77. The number of rotatable bonds is 3. The Morgan fingerprint density at radius 2 is 2.20 bits per heavy atom. The predicted molar refractivity (Wildman–Crippen MR) is 41.6 cm³/mol. The van der Waals surface area contributed by atoms with Gasteiger partial charge in [-0.1, -0.05) is 6.92 Å². The topological polar surface area (TPSA) is 46.3 Å². The van der Waals surface area contributed by atoms with Gasteiger partial charge in [0.25, 0.3) is 0 Å². The Bertz CT molecular complexity index is 112. The first kappa shape index (κ1) is 9.43. The normalized spacial score (nSPS) is 12.8. The predicted octanol–water partition coefficient (Wildman–Crippen LogP) is 0.202. The average Bonchev–Trinajstić information content (AvgIpc) is 1.87. The third kappa shape index (κ3) is 2.82. The highest BCUT2D eigenvalue weighted by Crippen LogP contribution is 1.90. The van der Waals surface area contributed by atoms with E-state index in [2.05, 4.69) is 0 Å². The van der Waals surface area contributed by atoms with Gasteiger partial charge in [-0.25, -0.2) is 0 Å². The number of nitrogens with zero attached hydrogens (tertiary/aromatic N) is 1. The van der Waals surface area contributed by atoms with Crippen molar-refractivity contribution in [2.24, 2.45) is 5.73 Å². The highest BCUT2D eigenvalue weighted by molar-refractivity contribution is 5.80. The molecule has 0 radical (unpaired) electrons. The van der Waals surface area contributed by atoms with Crippen LogP contribution in [-0.4, -0.2) is 30.4 Å². The minimum Gasteiger partial charge on any atom is -0.344 e. The Morgan fingerprint density at radius 1 is 1.70 bits per heavy atom. The van der Waals surface area contributed by atoms with E-state index in [0.717, 1.165) is 13.0 Å². The Hall–Kier alpha value is -0.570. The van der Waals surface area contributed by atoms with E-state index >= 15 is 0 Å². The van der Waals surface area contributed by atoms with Gasteiger partial charge >= 0.3 is 0 Å². The fraction of sp³-hybridized carbons (Fsp3) is 0.857. The number of carbonyl (C=O) groups excluding carboxylic acids is 1. The van der Waals surface area contributed by atoms with Crippen molar-refractivity contribution in [3.63, 3.8) is 0 Å². The van der Waals surface area contributed by atoms with Crippen LogP contribution in [0.25, 0.3) is 0 Å². The van der Waals surface area contributed by atoms with E-state index in [1.165, 1.54) is 0 Å². The maximum absolute atomic E-state index is 11.0. The van der Waals surface area contributed by atoms with Crippen molar-refractivity contribution in [1.82, 2.24) is 4.90 Å². The van der Waals surface area contributed by atoms with E-state index in [-0.39, 0.29) is 11.9 Å². The van der Waals surface area contributed by atoms with Crippen LogP contribution in [0.5, 0.6) is 0 Å². The minimum atomic E-state index is -0.364. The first-order valence-electron chi connectivity index (χ1n) is 3.60. The summed E-state index contributed by atoms with van der Waals surface area (Å²) < 4.78 is 0. The maximum atomic E-state index is 11.0. The lowest BCUT2D eigenvalue weighted by atomic mass is 10.3. The largest absolute Gasteiger partial charge is 0.344 e. The molecule has 1 amide bonds. The molecule has 0 aliphatic heterocycles. The second-order valence-corrected chi connectivity index (χ2v) is 2.55. The quantitative estimate of drug-likeness (QED) is 0.615. The van der Waals surface area contributed by atoms with Gasteiger partial charge in [0.2, 0.25) is 5.91 Å². The highest BCUT2D eigenvalue weighted by atomic mass is 16.2. The molecular weight excluding hydrogens is 128 g/mol. The molecule has 0 rings (SSSR count). The van der Waals surface area contributed by atoms with E-state index < -0.39 is 0 Å². The Balaban J connectivity index is 3.71. The molecular formula is C7H16N2O. The number of amides is 1. The van der Waals surface area contributed by atoms with Crippen LogP contribution in [0, 0.1) is 0 Å². The summed E-state index contributed by atoms with van der Waals surface area (Å²) >= 11 is 0. The van der Waals surface area contributed by atoms with Crippen molar-refractivity contribution in [2.45, 2.75) is 26.3 Å². The zero-order valence-corrected chi connectivity index (χ0v) is 6.92. The summed E-state index contributed by atoms with van der Waals surface area (Å²) in [5.74, 6) is 0.0156. The summed E-state index contributed by atoms with van der Waals surface area (Å²) in [6, 6.07) is -0.364. The zero-order valence-electron chi connectivity index (χ0n) is 6.92. The molecule has 0 unspecified atom stereocenters. The summed E-state index contributed by atoms with van der Waals surface area (Å²) in [4.78, 5) is 12.7. The standard InChI is InChI=1S/C7H16N2O/c1-4-5-9(3)7(10)6(2)8/h6H,4-5,8H2,1-3H3/t6-/m0/s1. The van der Waals surface area contributed by atoms with Crippen molar-refractivity contribution >= 4 is 5.91 Å². The molecule has 0 aromatic heterocycles. The van der Waals surface area contributed by atoms with Gasteiger partial charge in [0.15, 0.2) is 0 Å². The van der Waals surface area contributed by atoms with Crippen molar-refractivity contribution in [2.75, 3.05) is 13.6 Å². The van der Waals surface area contributed by atoms with Crippen molar-refractivity contribution in [1.29, 1.82) is 0 Å². The molecule has 3 nitrogen and oxygen atoms in total. The van der Waals surface area contributed by atoms with Gasteiger partial charge in [-0.2, -0.15) is 0 Å². The first-order chi connectivity index (χ1) is 4.59. The second-order valence-electron chi connectivity index (χ2n) is 2.55. The van der Waals surface area contributed by atoms with Crippen LogP contribution in [0.2, 0.25) is 0 Å². The minimum absolute atomic E-state index is 0.0156. The molecule has 0 aromatic carbocycles. The van der Waals surface area contributed by atoms with Crippen LogP contribution >= 0.6 is 0 Å². The summed E-state index contributed by atoms with van der Waals surface area (Å²) in [6.45, 7) is 4.53. The number of nitrogens with two attached hydrogens (primary N) is 1. The first-order valence-corrected chi connectivity index (χ1v) is 3.60. The molecule has 10 heavy (non-hydrogen) atoms. The lowest BCUT2D eigenvalue weighted by Crippen LogP contribution is -2.39. The van der Waals surface area contributed by atoms with Crippen LogP contribution in [0.1, 0.15) is 20.3 Å². The molecule has 3 heteroatoms. The maximum Gasteiger partial charge on any atom is 0.238 e. The van der Waals surface area contributed by atoms with Crippen molar-refractivity contribution in [3.05, 3.63) is 0 Å². The molecule has 60 valence electrons. The number of hydrogen-bond donors (Lipinski definition) is 1. The lowest BCUT2D eigenvalue weighted by molar-refractivity contribution is -0.130. The van der Waals surface area contributed by atoms with Gasteiger partial charge in [-0.05, 0) is 13.3 Å². The molecule has 0 aliphatic carbocycles. The van der Waals surface area contributed by atoms with Crippen LogP contribution in [0.15, 0.2) is 0 Å². The van der Waals surface area contributed by atoms with E-state index in [9.17, 15) is 4.79 Å². The van der Waals surface area contributed by atoms with E-state index in [1.807, 2.05) is 6.92 Å². The Kier molecular flexibility index (Phi) is 4.03. The van der Waals surface area contributed by atoms with E-state index in [0.29, 0.717) is 0 Å². The molecule has 0 saturated heterocycles. The highest BCUT2D eigenvalue weighted by Gasteiger charge is 2.11. The van der Waals surface area contributed by atoms with Gasteiger partial charge < -0.3 is 10.6 Å². The Labute approximate surface area is 62.2 Å². The fourth-order valence-corrected chi connectivity index (χ4v) is 0.793. The molecule has 0 spiro atoms. The van der Waals surface area contributed by atoms with Crippen LogP contribution < -0.4 is 5.73 Å². The molecule has 1 atom stereocenters. The molecule has 0 heterocycles. The monoisotopic (exact) mass is 144 g/mol. The van der Waals surface area contributed by atoms with Crippen molar-refractivity contribution < 1.29 is 4.79 Å². The van der Waals surface area contributed by atoms with E-state index in [4.69, 9.17) is 5.73 Å². The SMILES string of the molecule is CCCN(C)C(=O)[C@H](C)N. The summed E-state index contributed by atoms with van der Waals surface area (Å²) in [5, 5.41) is 0. The van der Waals surface area contributed by atoms with Crippen molar-refractivity contribution in [3.8, 4) is 0 Å². The van der Waals surface area contributed by atoms with Crippen LogP contribution in [-0.2, 0) is 4.79 Å². The van der Waals surface area contributed by atoms with E-state index in [1.54, 1.807) is 18.9 Å². The number of likely N-dealkylation sites (N-methyl/N-ethyl adjacent to an activating group) is 1. The van der Waals surface area contributed by atoms with Gasteiger partial charge in [0.05, 0.1) is 6.04 Å². The van der Waals surface area contributed by atoms with Gasteiger partial charge in [0.1, 0.15) is 0 Å². The van der Waals surface area contributed by atoms with Gasteiger partial charge in [0, 0.05) is 13.6 Å². The van der Waals surface area contributed by atoms with Gasteiger partial charge in [-0.15, -0.1) is 0 Å². The molecule has 0 aromatic rings. The summed E-state index contributed by atoms with van der Waals surface area (Å²) in [6.07, 6.45) is 0.981. The summed E-state index contributed by atoms with van der Waals surface area (Å²) in [5.41, 5.74) is 5.38. The average molecular weight is 144 g/mol. The molecule has 0 fully saturated rings. The molecule has 0 saturated carbocycles. The third-order valence-corrected chi connectivity index (χ3v) is 1.32. The third-order valence-electron chi connectivity index (χ3n) is 1.32. The smallest absolute Gasteiger partial charge is 0.238 e. The number of carbonyl (C=O) groups is 1. The molecule has 0 aliphatic rings. The number of hydrogen-bond acceptors (Lipinski definition) is 2.